The van der Waals surface area contributed by atoms with E-state index < -0.39 is 16.2 Å². The molecule has 11 heteroatoms. The Bertz CT molecular complexity index is 1500. The maximum Gasteiger partial charge on any atom is 0.257 e. The second-order valence-electron chi connectivity index (χ2n) is 10.5. The Morgan fingerprint density at radius 1 is 0.976 bits per heavy atom. The lowest BCUT2D eigenvalue weighted by Crippen LogP contribution is -2.64. The van der Waals surface area contributed by atoms with Gasteiger partial charge in [-0.2, -0.15) is 0 Å². The lowest BCUT2D eigenvalue weighted by atomic mass is 9.77. The van der Waals surface area contributed by atoms with Crippen LogP contribution in [0.4, 0.5) is 11.4 Å². The highest BCUT2D eigenvalue weighted by molar-refractivity contribution is 8.01. The van der Waals surface area contributed by atoms with Crippen LogP contribution in [0.25, 0.3) is 0 Å². The van der Waals surface area contributed by atoms with Crippen molar-refractivity contribution in [3.63, 3.8) is 0 Å². The fourth-order valence-corrected chi connectivity index (χ4v) is 7.97. The number of carbonyl (C=O) groups excluding carboxylic acids is 3. The highest BCUT2D eigenvalue weighted by Gasteiger charge is 2.74. The smallest absolute Gasteiger partial charge is 0.257 e. The van der Waals surface area contributed by atoms with E-state index in [0.717, 1.165) is 31.0 Å². The predicted molar refractivity (Wildman–Crippen MR) is 165 cm³/mol. The minimum atomic E-state index is -1.70. The molecule has 3 aromatic rings. The number of carbonyl (C=O) groups is 3. The molecule has 2 unspecified atom stereocenters. The summed E-state index contributed by atoms with van der Waals surface area (Å²) in [6.45, 7) is 4.32. The zero-order valence-corrected chi connectivity index (χ0v) is 25.1. The van der Waals surface area contributed by atoms with E-state index in [4.69, 9.17) is 27.9 Å². The summed E-state index contributed by atoms with van der Waals surface area (Å²) >= 11 is 13.8. The predicted octanol–water partition coefficient (Wildman–Crippen LogP) is 4.95. The minimum Gasteiger partial charge on any atom is -0.379 e. The molecule has 0 aliphatic carbocycles. The number of thioether (sulfide) groups is 1. The van der Waals surface area contributed by atoms with Gasteiger partial charge in [0.15, 0.2) is 5.54 Å². The number of ether oxygens (including phenoxy) is 1. The Morgan fingerprint density at radius 3 is 2.43 bits per heavy atom. The summed E-state index contributed by atoms with van der Waals surface area (Å²) in [5.41, 5.74) is -0.242. The summed E-state index contributed by atoms with van der Waals surface area (Å²) in [6, 6.07) is 21.2. The summed E-state index contributed by atoms with van der Waals surface area (Å²) < 4.78 is 3.89. The van der Waals surface area contributed by atoms with E-state index in [9.17, 15) is 14.4 Å². The molecular weight excluding hydrogens is 595 g/mol. The topological polar surface area (TPSA) is 91.0 Å². The van der Waals surface area contributed by atoms with Gasteiger partial charge in [-0.1, -0.05) is 47.5 Å². The number of nitrogens with zero attached hydrogens (tertiary/aromatic N) is 2. The largest absolute Gasteiger partial charge is 0.379 e. The van der Waals surface area contributed by atoms with E-state index in [1.54, 1.807) is 42.5 Å². The van der Waals surface area contributed by atoms with Gasteiger partial charge in [-0.15, -0.1) is 11.8 Å². The molecule has 218 valence electrons. The number of hydrogen-bond acceptors (Lipinski definition) is 6. The van der Waals surface area contributed by atoms with Crippen LogP contribution in [0, 0.1) is 0 Å². The molecule has 6 rings (SSSR count). The normalized spacial score (nSPS) is 23.7. The lowest BCUT2D eigenvalue weighted by Gasteiger charge is -2.43. The summed E-state index contributed by atoms with van der Waals surface area (Å²) in [4.78, 5) is 47.7. The number of fused-ring (bicyclic) bond motifs is 2. The summed E-state index contributed by atoms with van der Waals surface area (Å²) in [5.74, 6) is -1.18. The van der Waals surface area contributed by atoms with Crippen molar-refractivity contribution in [2.24, 2.45) is 0 Å². The highest BCUT2D eigenvalue weighted by atomic mass is 35.5. The molecule has 3 aliphatic heterocycles. The van der Waals surface area contributed by atoms with E-state index in [-0.39, 0.29) is 18.2 Å². The first-order chi connectivity index (χ1) is 20.3. The molecule has 42 heavy (non-hydrogen) atoms. The number of rotatable bonds is 8. The van der Waals surface area contributed by atoms with Gasteiger partial charge in [0.1, 0.15) is 4.75 Å². The van der Waals surface area contributed by atoms with Crippen molar-refractivity contribution in [1.29, 1.82) is 0 Å². The fourth-order valence-electron chi connectivity index (χ4n) is 6.17. The fraction of sp³-hybridized carbons (Fsp3) is 0.323. The van der Waals surface area contributed by atoms with Crippen LogP contribution in [0.3, 0.4) is 0 Å². The SMILES string of the molecule is O=C1CC(Sc2ccccc2)(C(=O)NCCCN2CCOCC2)C2(C(=O)Nc3cc(Cl)ccc32)N1c1ccc(Cl)cc1. The van der Waals surface area contributed by atoms with Crippen molar-refractivity contribution in [3.8, 4) is 0 Å². The Labute approximate surface area is 258 Å². The van der Waals surface area contributed by atoms with Crippen LogP contribution in [-0.2, 0) is 24.7 Å². The second-order valence-corrected chi connectivity index (χ2v) is 12.8. The molecule has 3 aromatic carbocycles. The first-order valence-corrected chi connectivity index (χ1v) is 15.4. The van der Waals surface area contributed by atoms with Crippen molar-refractivity contribution in [1.82, 2.24) is 10.2 Å². The Hall–Kier alpha value is -3.08. The molecule has 2 fully saturated rings. The van der Waals surface area contributed by atoms with Crippen LogP contribution in [0.15, 0.2) is 77.7 Å². The Kier molecular flexibility index (Phi) is 8.22. The van der Waals surface area contributed by atoms with E-state index in [2.05, 4.69) is 15.5 Å². The highest BCUT2D eigenvalue weighted by Crippen LogP contribution is 2.61. The van der Waals surface area contributed by atoms with Gasteiger partial charge in [0.05, 0.1) is 19.6 Å². The van der Waals surface area contributed by atoms with E-state index in [0.29, 0.717) is 46.7 Å². The van der Waals surface area contributed by atoms with Crippen LogP contribution >= 0.6 is 35.0 Å². The summed E-state index contributed by atoms with van der Waals surface area (Å²) in [7, 11) is 0. The molecule has 1 spiro atoms. The third-order valence-electron chi connectivity index (χ3n) is 8.04. The zero-order valence-electron chi connectivity index (χ0n) is 22.8. The molecule has 0 aromatic heterocycles. The quantitative estimate of drug-likeness (QED) is 0.345. The number of anilines is 2. The third kappa shape index (κ3) is 4.97. The van der Waals surface area contributed by atoms with Gasteiger partial charge in [0.2, 0.25) is 11.8 Å². The van der Waals surface area contributed by atoms with Gasteiger partial charge < -0.3 is 15.4 Å². The number of amides is 3. The van der Waals surface area contributed by atoms with Crippen LogP contribution in [-0.4, -0.2) is 66.8 Å². The van der Waals surface area contributed by atoms with Crippen LogP contribution < -0.4 is 15.5 Å². The number of nitrogens with one attached hydrogen (secondary N) is 2. The summed E-state index contributed by atoms with van der Waals surface area (Å²) in [6.07, 6.45) is 0.526. The van der Waals surface area contributed by atoms with Gasteiger partial charge >= 0.3 is 0 Å². The Balaban J connectivity index is 1.46. The first-order valence-electron chi connectivity index (χ1n) is 13.9. The van der Waals surface area contributed by atoms with Crippen LogP contribution in [0.1, 0.15) is 18.4 Å². The summed E-state index contributed by atoms with van der Waals surface area (Å²) in [5, 5.41) is 6.99. The van der Waals surface area contributed by atoms with Crippen molar-refractivity contribution < 1.29 is 19.1 Å². The molecule has 0 saturated carbocycles. The molecule has 2 saturated heterocycles. The average molecular weight is 626 g/mol. The van der Waals surface area contributed by atoms with Crippen LogP contribution in [0.5, 0.6) is 0 Å². The van der Waals surface area contributed by atoms with E-state index in [1.807, 2.05) is 30.3 Å². The third-order valence-corrected chi connectivity index (χ3v) is 10.0. The maximum absolute atomic E-state index is 14.6. The van der Waals surface area contributed by atoms with Crippen LogP contribution in [0.2, 0.25) is 10.0 Å². The van der Waals surface area contributed by atoms with E-state index >= 15 is 0 Å². The zero-order chi connectivity index (χ0) is 29.3. The first kappa shape index (κ1) is 29.0. The minimum absolute atomic E-state index is 0.194. The van der Waals surface area contributed by atoms with Crippen molar-refractivity contribution in [3.05, 3.63) is 88.4 Å². The number of halogens is 2. The molecular formula is C31H30Cl2N4O4S. The molecule has 3 heterocycles. The molecule has 0 bridgehead atoms. The number of benzene rings is 3. The van der Waals surface area contributed by atoms with Gasteiger partial charge in [0.25, 0.3) is 5.91 Å². The average Bonchev–Trinajstić information content (AvgIpc) is 3.43. The Morgan fingerprint density at radius 2 is 1.69 bits per heavy atom. The van der Waals surface area contributed by atoms with Crippen molar-refractivity contribution >= 4 is 64.1 Å². The van der Waals surface area contributed by atoms with Gasteiger partial charge in [-0.05, 0) is 61.5 Å². The second kappa shape index (κ2) is 11.9. The monoisotopic (exact) mass is 624 g/mol. The van der Waals surface area contributed by atoms with Crippen molar-refractivity contribution in [2.45, 2.75) is 28.0 Å². The van der Waals surface area contributed by atoms with Gasteiger partial charge in [0, 0.05) is 51.5 Å². The molecule has 8 nitrogen and oxygen atoms in total. The van der Waals surface area contributed by atoms with Gasteiger partial charge in [-0.3, -0.25) is 24.2 Å². The maximum atomic E-state index is 14.6. The standard InChI is InChI=1S/C31H30Cl2N4O4S/c32-21-7-10-23(11-8-21)37-27(38)20-30(42-24-5-2-1-3-6-24,28(39)34-13-4-14-36-15-17-41-18-16-36)31(37)25-12-9-22(33)19-26(25)35-29(31)40/h1-3,5-12,19H,4,13-18,20H2,(H,34,39)(H,35,40). The number of morpholine rings is 1. The van der Waals surface area contributed by atoms with E-state index in [1.165, 1.54) is 16.7 Å². The van der Waals surface area contributed by atoms with Gasteiger partial charge in [-0.25, -0.2) is 0 Å². The van der Waals surface area contributed by atoms with Crippen molar-refractivity contribution in [2.75, 3.05) is 49.6 Å². The molecule has 0 radical (unpaired) electrons. The number of hydrogen-bond donors (Lipinski definition) is 2. The lowest BCUT2D eigenvalue weighted by molar-refractivity contribution is -0.130. The molecule has 2 atom stereocenters. The molecule has 2 N–H and O–H groups in total. The molecule has 3 amide bonds. The molecule has 3 aliphatic rings.